The lowest BCUT2D eigenvalue weighted by Gasteiger charge is -2.17. The first-order valence-electron chi connectivity index (χ1n) is 5.85. The highest BCUT2D eigenvalue weighted by Gasteiger charge is 2.16. The highest BCUT2D eigenvalue weighted by Crippen LogP contribution is 2.24. The summed E-state index contributed by atoms with van der Waals surface area (Å²) >= 11 is 0. The molecule has 0 heterocycles. The lowest BCUT2D eigenvalue weighted by Crippen LogP contribution is -2.27. The van der Waals surface area contributed by atoms with Gasteiger partial charge >= 0.3 is 0 Å². The zero-order valence-corrected chi connectivity index (χ0v) is 11.4. The first kappa shape index (κ1) is 14.3. The van der Waals surface area contributed by atoms with E-state index >= 15 is 0 Å². The predicted molar refractivity (Wildman–Crippen MR) is 70.6 cm³/mol. The van der Waals surface area contributed by atoms with E-state index < -0.39 is 0 Å². The molecule has 0 saturated carbocycles. The Morgan fingerprint density at radius 1 is 1.28 bits per heavy atom. The van der Waals surface area contributed by atoms with E-state index in [0.717, 1.165) is 17.1 Å². The molecule has 1 aromatic carbocycles. The van der Waals surface area contributed by atoms with E-state index in [4.69, 9.17) is 14.7 Å². The largest absolute Gasteiger partial charge is 0.497 e. The molecule has 1 N–H and O–H groups in total. The van der Waals surface area contributed by atoms with Crippen LogP contribution in [0.25, 0.3) is 0 Å². The van der Waals surface area contributed by atoms with Crippen LogP contribution in [0.1, 0.15) is 19.4 Å². The van der Waals surface area contributed by atoms with Crippen molar-refractivity contribution >= 4 is 0 Å². The molecule has 0 fully saturated rings. The highest BCUT2D eigenvalue weighted by molar-refractivity contribution is 5.40. The van der Waals surface area contributed by atoms with Gasteiger partial charge in [0.25, 0.3) is 0 Å². The van der Waals surface area contributed by atoms with Crippen LogP contribution in [0.4, 0.5) is 0 Å². The average Bonchev–Trinajstić information content (AvgIpc) is 2.38. The topological polar surface area (TPSA) is 54.3 Å². The summed E-state index contributed by atoms with van der Waals surface area (Å²) in [5, 5.41) is 12.2. The number of nitriles is 1. The summed E-state index contributed by atoms with van der Waals surface area (Å²) in [5.41, 5.74) is 0.687. The number of ether oxygens (including phenoxy) is 2. The molecule has 4 nitrogen and oxygen atoms in total. The van der Waals surface area contributed by atoms with Crippen LogP contribution in [0.3, 0.4) is 0 Å². The SMILES string of the molecule is COc1ccc(CNCC(C)(C)C#N)c(OC)c1. The number of rotatable bonds is 6. The van der Waals surface area contributed by atoms with Crippen molar-refractivity contribution in [3.05, 3.63) is 23.8 Å². The zero-order valence-electron chi connectivity index (χ0n) is 11.4. The van der Waals surface area contributed by atoms with Crippen LogP contribution in [0.5, 0.6) is 11.5 Å². The molecule has 0 aliphatic carbocycles. The summed E-state index contributed by atoms with van der Waals surface area (Å²) in [6, 6.07) is 7.97. The molecule has 4 heteroatoms. The summed E-state index contributed by atoms with van der Waals surface area (Å²) in [6.07, 6.45) is 0. The number of hydrogen-bond acceptors (Lipinski definition) is 4. The van der Waals surface area contributed by atoms with E-state index in [9.17, 15) is 0 Å². The van der Waals surface area contributed by atoms with Gasteiger partial charge in [-0.2, -0.15) is 5.26 Å². The van der Waals surface area contributed by atoms with Gasteiger partial charge in [-0.3, -0.25) is 0 Å². The molecule has 0 radical (unpaired) electrons. The summed E-state index contributed by atoms with van der Waals surface area (Å²) in [4.78, 5) is 0. The van der Waals surface area contributed by atoms with Crippen molar-refractivity contribution in [3.8, 4) is 17.6 Å². The second kappa shape index (κ2) is 6.27. The Bertz CT molecular complexity index is 436. The Morgan fingerprint density at radius 2 is 2.00 bits per heavy atom. The highest BCUT2D eigenvalue weighted by atomic mass is 16.5. The van der Waals surface area contributed by atoms with E-state index in [2.05, 4.69) is 11.4 Å². The van der Waals surface area contributed by atoms with E-state index in [1.807, 2.05) is 32.0 Å². The molecule has 0 amide bonds. The first-order chi connectivity index (χ1) is 8.52. The third-order valence-electron chi connectivity index (χ3n) is 2.68. The van der Waals surface area contributed by atoms with Gasteiger partial charge in [-0.25, -0.2) is 0 Å². The van der Waals surface area contributed by atoms with Crippen molar-refractivity contribution < 1.29 is 9.47 Å². The van der Waals surface area contributed by atoms with Crippen LogP contribution in [-0.4, -0.2) is 20.8 Å². The Labute approximate surface area is 109 Å². The van der Waals surface area contributed by atoms with Crippen molar-refractivity contribution in [2.75, 3.05) is 20.8 Å². The van der Waals surface area contributed by atoms with Crippen LogP contribution in [-0.2, 0) is 6.54 Å². The van der Waals surface area contributed by atoms with Crippen molar-refractivity contribution in [3.63, 3.8) is 0 Å². The van der Waals surface area contributed by atoms with E-state index in [0.29, 0.717) is 13.1 Å². The normalized spacial score (nSPS) is 10.8. The molecule has 0 aromatic heterocycles. The molecule has 0 spiro atoms. The second-order valence-electron chi connectivity index (χ2n) is 4.78. The van der Waals surface area contributed by atoms with Crippen LogP contribution in [0.2, 0.25) is 0 Å². The molecule has 0 saturated heterocycles. The molecule has 0 aliphatic heterocycles. The maximum Gasteiger partial charge on any atom is 0.127 e. The Morgan fingerprint density at radius 3 is 2.56 bits per heavy atom. The molecule has 0 bridgehead atoms. The van der Waals surface area contributed by atoms with Crippen molar-refractivity contribution in [2.45, 2.75) is 20.4 Å². The Hall–Kier alpha value is -1.73. The lowest BCUT2D eigenvalue weighted by atomic mass is 9.96. The third kappa shape index (κ3) is 3.94. The quantitative estimate of drug-likeness (QED) is 0.839. The molecule has 0 aliphatic rings. The van der Waals surface area contributed by atoms with Gasteiger partial charge in [0.2, 0.25) is 0 Å². The smallest absolute Gasteiger partial charge is 0.127 e. The van der Waals surface area contributed by atoms with Gasteiger partial charge < -0.3 is 14.8 Å². The Balaban J connectivity index is 2.65. The minimum Gasteiger partial charge on any atom is -0.497 e. The summed E-state index contributed by atoms with van der Waals surface area (Å²) in [5.74, 6) is 1.56. The standard InChI is InChI=1S/C14H20N2O2/c1-14(2,9-15)10-16-8-11-5-6-12(17-3)7-13(11)18-4/h5-7,16H,8,10H2,1-4H3. The molecular formula is C14H20N2O2. The minimum absolute atomic E-state index is 0.361. The van der Waals surface area contributed by atoms with Crippen molar-refractivity contribution in [2.24, 2.45) is 5.41 Å². The summed E-state index contributed by atoms with van der Waals surface area (Å²) in [7, 11) is 3.26. The molecule has 0 unspecified atom stereocenters. The first-order valence-corrected chi connectivity index (χ1v) is 5.85. The zero-order chi connectivity index (χ0) is 13.6. The maximum atomic E-state index is 8.93. The fraction of sp³-hybridized carbons (Fsp3) is 0.500. The number of methoxy groups -OCH3 is 2. The van der Waals surface area contributed by atoms with Crippen LogP contribution < -0.4 is 14.8 Å². The van der Waals surface area contributed by atoms with E-state index in [1.165, 1.54) is 0 Å². The van der Waals surface area contributed by atoms with E-state index in [1.54, 1.807) is 14.2 Å². The minimum atomic E-state index is -0.361. The van der Waals surface area contributed by atoms with Gasteiger partial charge in [0, 0.05) is 24.7 Å². The molecular weight excluding hydrogens is 228 g/mol. The lowest BCUT2D eigenvalue weighted by molar-refractivity contribution is 0.387. The molecule has 98 valence electrons. The molecule has 1 rings (SSSR count). The number of nitrogens with zero attached hydrogens (tertiary/aromatic N) is 1. The van der Waals surface area contributed by atoms with Crippen LogP contribution in [0.15, 0.2) is 18.2 Å². The average molecular weight is 248 g/mol. The molecule has 0 atom stereocenters. The summed E-state index contributed by atoms with van der Waals surface area (Å²) < 4.78 is 10.5. The fourth-order valence-corrected chi connectivity index (χ4v) is 1.55. The fourth-order valence-electron chi connectivity index (χ4n) is 1.55. The number of benzene rings is 1. The van der Waals surface area contributed by atoms with Gasteiger partial charge in [0.05, 0.1) is 25.7 Å². The van der Waals surface area contributed by atoms with Gasteiger partial charge in [0.15, 0.2) is 0 Å². The number of hydrogen-bond donors (Lipinski definition) is 1. The van der Waals surface area contributed by atoms with E-state index in [-0.39, 0.29) is 5.41 Å². The van der Waals surface area contributed by atoms with Gasteiger partial charge in [-0.1, -0.05) is 6.07 Å². The van der Waals surface area contributed by atoms with Gasteiger partial charge in [-0.05, 0) is 19.9 Å². The third-order valence-corrected chi connectivity index (χ3v) is 2.68. The summed E-state index contributed by atoms with van der Waals surface area (Å²) in [6.45, 7) is 5.12. The maximum absolute atomic E-state index is 8.93. The molecule has 18 heavy (non-hydrogen) atoms. The van der Waals surface area contributed by atoms with Crippen molar-refractivity contribution in [1.29, 1.82) is 5.26 Å². The van der Waals surface area contributed by atoms with Crippen molar-refractivity contribution in [1.82, 2.24) is 5.32 Å². The van der Waals surface area contributed by atoms with Gasteiger partial charge in [-0.15, -0.1) is 0 Å². The monoisotopic (exact) mass is 248 g/mol. The predicted octanol–water partition coefficient (Wildman–Crippen LogP) is 2.34. The molecule has 1 aromatic rings. The van der Waals surface area contributed by atoms with Crippen LogP contribution >= 0.6 is 0 Å². The van der Waals surface area contributed by atoms with Crippen LogP contribution in [0, 0.1) is 16.7 Å². The van der Waals surface area contributed by atoms with Gasteiger partial charge in [0.1, 0.15) is 11.5 Å². The Kier molecular flexibility index (Phi) is 4.99. The second-order valence-corrected chi connectivity index (χ2v) is 4.78. The number of nitrogens with one attached hydrogen (secondary N) is 1.